The SMILES string of the molecule is CCOC(=O)c1cc(CCl)c(C(F)F)nc1I. The zero-order valence-electron chi connectivity index (χ0n) is 8.84. The number of hydrogen-bond acceptors (Lipinski definition) is 3. The van der Waals surface area contributed by atoms with Crippen molar-refractivity contribution in [1.29, 1.82) is 0 Å². The molecule has 1 aromatic rings. The normalized spacial score (nSPS) is 10.7. The lowest BCUT2D eigenvalue weighted by Gasteiger charge is -2.10. The van der Waals surface area contributed by atoms with Gasteiger partial charge >= 0.3 is 5.97 Å². The number of aromatic nitrogens is 1. The van der Waals surface area contributed by atoms with Gasteiger partial charge < -0.3 is 4.74 Å². The van der Waals surface area contributed by atoms with E-state index in [1.807, 2.05) is 0 Å². The predicted molar refractivity (Wildman–Crippen MR) is 67.4 cm³/mol. The number of esters is 1. The molecule has 1 heterocycles. The van der Waals surface area contributed by atoms with E-state index in [1.54, 1.807) is 29.5 Å². The van der Waals surface area contributed by atoms with Gasteiger partial charge in [0, 0.05) is 5.88 Å². The van der Waals surface area contributed by atoms with Gasteiger partial charge in [0.25, 0.3) is 6.43 Å². The molecule has 17 heavy (non-hydrogen) atoms. The Bertz CT molecular complexity index is 429. The van der Waals surface area contributed by atoms with Crippen LogP contribution in [0.4, 0.5) is 8.78 Å². The fourth-order valence-corrected chi connectivity index (χ4v) is 2.04. The summed E-state index contributed by atoms with van der Waals surface area (Å²) in [5, 5.41) is 0. The van der Waals surface area contributed by atoms with Crippen molar-refractivity contribution in [1.82, 2.24) is 4.98 Å². The van der Waals surface area contributed by atoms with Crippen molar-refractivity contribution in [3.05, 3.63) is 26.6 Å². The molecule has 94 valence electrons. The van der Waals surface area contributed by atoms with E-state index in [0.717, 1.165) is 0 Å². The first-order chi connectivity index (χ1) is 8.01. The Morgan fingerprint density at radius 2 is 2.29 bits per heavy atom. The molecular formula is C10H9ClF2INO2. The van der Waals surface area contributed by atoms with E-state index < -0.39 is 18.1 Å². The second kappa shape index (κ2) is 6.44. The van der Waals surface area contributed by atoms with Crippen LogP contribution >= 0.6 is 34.2 Å². The van der Waals surface area contributed by atoms with Crippen LogP contribution < -0.4 is 0 Å². The molecule has 0 fully saturated rings. The molecule has 0 amide bonds. The molecule has 0 spiro atoms. The van der Waals surface area contributed by atoms with Crippen LogP contribution in [0.25, 0.3) is 0 Å². The number of hydrogen-bond donors (Lipinski definition) is 0. The van der Waals surface area contributed by atoms with Crippen LogP contribution in [0, 0.1) is 3.70 Å². The second-order valence-electron chi connectivity index (χ2n) is 3.03. The fraction of sp³-hybridized carbons (Fsp3) is 0.400. The number of pyridine rings is 1. The average Bonchev–Trinajstić information content (AvgIpc) is 2.28. The van der Waals surface area contributed by atoms with Crippen LogP contribution in [0.1, 0.15) is 35.0 Å². The van der Waals surface area contributed by atoms with Crippen molar-refractivity contribution in [2.24, 2.45) is 0 Å². The number of halogens is 4. The quantitative estimate of drug-likeness (QED) is 0.350. The summed E-state index contributed by atoms with van der Waals surface area (Å²) in [4.78, 5) is 15.2. The molecule has 0 radical (unpaired) electrons. The van der Waals surface area contributed by atoms with E-state index in [4.69, 9.17) is 16.3 Å². The van der Waals surface area contributed by atoms with Gasteiger partial charge in [-0.15, -0.1) is 11.6 Å². The highest BCUT2D eigenvalue weighted by atomic mass is 127. The number of carbonyl (C=O) groups is 1. The van der Waals surface area contributed by atoms with Gasteiger partial charge in [0.05, 0.1) is 12.2 Å². The van der Waals surface area contributed by atoms with Gasteiger partial charge in [0.2, 0.25) is 0 Å². The maximum absolute atomic E-state index is 12.6. The lowest BCUT2D eigenvalue weighted by molar-refractivity contribution is 0.0523. The highest BCUT2D eigenvalue weighted by Gasteiger charge is 2.20. The molecule has 3 nitrogen and oxygen atoms in total. The molecule has 0 saturated heterocycles. The van der Waals surface area contributed by atoms with E-state index in [1.165, 1.54) is 6.07 Å². The van der Waals surface area contributed by atoms with Crippen molar-refractivity contribution < 1.29 is 18.3 Å². The largest absolute Gasteiger partial charge is 0.462 e. The van der Waals surface area contributed by atoms with Gasteiger partial charge in [-0.3, -0.25) is 0 Å². The molecule has 0 aromatic carbocycles. The van der Waals surface area contributed by atoms with Crippen molar-refractivity contribution in [2.45, 2.75) is 19.2 Å². The van der Waals surface area contributed by atoms with Gasteiger partial charge in [0.15, 0.2) is 0 Å². The van der Waals surface area contributed by atoms with E-state index in [0.29, 0.717) is 0 Å². The number of rotatable bonds is 4. The fourth-order valence-electron chi connectivity index (χ4n) is 1.19. The van der Waals surface area contributed by atoms with Gasteiger partial charge in [-0.2, -0.15) is 0 Å². The number of nitrogens with zero attached hydrogens (tertiary/aromatic N) is 1. The minimum atomic E-state index is -2.71. The minimum Gasteiger partial charge on any atom is -0.462 e. The van der Waals surface area contributed by atoms with Crippen molar-refractivity contribution in [2.75, 3.05) is 6.61 Å². The van der Waals surface area contributed by atoms with Crippen LogP contribution in [-0.2, 0) is 10.6 Å². The van der Waals surface area contributed by atoms with Crippen LogP contribution in [0.5, 0.6) is 0 Å². The van der Waals surface area contributed by atoms with Crippen LogP contribution in [0.15, 0.2) is 6.07 Å². The molecule has 0 saturated carbocycles. The Morgan fingerprint density at radius 1 is 1.65 bits per heavy atom. The summed E-state index contributed by atoms with van der Waals surface area (Å²) in [7, 11) is 0. The zero-order valence-corrected chi connectivity index (χ0v) is 11.8. The smallest absolute Gasteiger partial charge is 0.340 e. The molecule has 1 aromatic heterocycles. The first kappa shape index (κ1) is 14.6. The third-order valence-corrected chi connectivity index (χ3v) is 3.04. The second-order valence-corrected chi connectivity index (χ2v) is 4.31. The molecule has 0 aliphatic carbocycles. The van der Waals surface area contributed by atoms with Crippen molar-refractivity contribution in [3.8, 4) is 0 Å². The Kier molecular flexibility index (Phi) is 5.51. The lowest BCUT2D eigenvalue weighted by Crippen LogP contribution is -2.11. The Hall–Kier alpha value is -0.500. The molecule has 7 heteroatoms. The predicted octanol–water partition coefficient (Wildman–Crippen LogP) is 3.54. The molecule has 0 bridgehead atoms. The van der Waals surface area contributed by atoms with E-state index >= 15 is 0 Å². The monoisotopic (exact) mass is 375 g/mol. The topological polar surface area (TPSA) is 39.2 Å². The summed E-state index contributed by atoms with van der Waals surface area (Å²) in [6, 6.07) is 1.31. The summed E-state index contributed by atoms with van der Waals surface area (Å²) < 4.78 is 30.2. The molecular weight excluding hydrogens is 366 g/mol. The van der Waals surface area contributed by atoms with Gasteiger partial charge in [-0.1, -0.05) is 0 Å². The maximum atomic E-state index is 12.6. The van der Waals surface area contributed by atoms with Gasteiger partial charge in [-0.05, 0) is 41.1 Å². The lowest BCUT2D eigenvalue weighted by atomic mass is 10.1. The van der Waals surface area contributed by atoms with Crippen LogP contribution in [0.2, 0.25) is 0 Å². The standard InChI is InChI=1S/C10H9ClF2INO2/c1-2-17-10(16)6-3-5(4-11)7(8(12)13)15-9(6)14/h3,8H,2,4H2,1H3. The molecule has 1 rings (SSSR count). The van der Waals surface area contributed by atoms with Gasteiger partial charge in [0.1, 0.15) is 9.39 Å². The van der Waals surface area contributed by atoms with Gasteiger partial charge in [-0.25, -0.2) is 18.6 Å². The minimum absolute atomic E-state index is 0.129. The average molecular weight is 376 g/mol. The summed E-state index contributed by atoms with van der Waals surface area (Å²) in [5.74, 6) is -0.715. The Balaban J connectivity index is 3.22. The van der Waals surface area contributed by atoms with E-state index in [2.05, 4.69) is 4.98 Å². The summed E-state index contributed by atoms with van der Waals surface area (Å²) in [5.41, 5.74) is -0.0879. The molecule has 0 aliphatic heterocycles. The summed E-state index contributed by atoms with van der Waals surface area (Å²) in [6.45, 7) is 1.87. The van der Waals surface area contributed by atoms with Crippen LogP contribution in [-0.4, -0.2) is 17.6 Å². The number of alkyl halides is 3. The highest BCUT2D eigenvalue weighted by Crippen LogP contribution is 2.25. The Morgan fingerprint density at radius 3 is 2.76 bits per heavy atom. The number of carbonyl (C=O) groups excluding carboxylic acids is 1. The van der Waals surface area contributed by atoms with Crippen molar-refractivity contribution in [3.63, 3.8) is 0 Å². The van der Waals surface area contributed by atoms with E-state index in [9.17, 15) is 13.6 Å². The van der Waals surface area contributed by atoms with Crippen LogP contribution in [0.3, 0.4) is 0 Å². The molecule has 0 atom stereocenters. The third kappa shape index (κ3) is 3.48. The van der Waals surface area contributed by atoms with Crippen molar-refractivity contribution >= 4 is 40.2 Å². The van der Waals surface area contributed by atoms with E-state index in [-0.39, 0.29) is 27.3 Å². The zero-order chi connectivity index (χ0) is 13.0. The molecule has 0 unspecified atom stereocenters. The Labute approximate surface area is 116 Å². The first-order valence-corrected chi connectivity index (χ1v) is 6.33. The maximum Gasteiger partial charge on any atom is 0.340 e. The molecule has 0 aliphatic rings. The highest BCUT2D eigenvalue weighted by molar-refractivity contribution is 14.1. The molecule has 0 N–H and O–H groups in total. The first-order valence-electron chi connectivity index (χ1n) is 4.71. The number of ether oxygens (including phenoxy) is 1. The summed E-state index contributed by atoms with van der Waals surface area (Å²) >= 11 is 7.27. The third-order valence-electron chi connectivity index (χ3n) is 1.93. The summed E-state index contributed by atoms with van der Waals surface area (Å²) in [6.07, 6.45) is -2.71.